The Kier molecular flexibility index (Phi) is 6.35. The molecular formula is C10H16O5S. The van der Waals surface area contributed by atoms with Crippen LogP contribution in [-0.4, -0.2) is 51.6 Å². The number of carboxylic acids is 1. The normalized spacial score (nSPS) is 14.6. The predicted molar refractivity (Wildman–Crippen MR) is 62.2 cm³/mol. The molecule has 0 aromatic heterocycles. The van der Waals surface area contributed by atoms with Gasteiger partial charge in [-0.2, -0.15) is 0 Å². The maximum Gasteiger partial charge on any atom is 0.336 e. The van der Waals surface area contributed by atoms with Crippen LogP contribution >= 0.6 is 12.2 Å². The number of carboxylic acid groups (broad SMARTS) is 1. The molecule has 4 N–H and O–H groups in total. The highest BCUT2D eigenvalue weighted by Crippen LogP contribution is 2.29. The van der Waals surface area contributed by atoms with E-state index in [4.69, 9.17) is 10.2 Å². The van der Waals surface area contributed by atoms with E-state index < -0.39 is 30.5 Å². The van der Waals surface area contributed by atoms with E-state index in [1.807, 2.05) is 0 Å². The number of rotatable bonds is 7. The van der Waals surface area contributed by atoms with E-state index in [2.05, 4.69) is 12.2 Å². The largest absolute Gasteiger partial charge is 0.478 e. The van der Waals surface area contributed by atoms with Crippen molar-refractivity contribution in [2.75, 3.05) is 19.8 Å². The molecule has 1 unspecified atom stereocenters. The van der Waals surface area contributed by atoms with Gasteiger partial charge in [-0.3, -0.25) is 0 Å². The molecule has 0 radical (unpaired) electrons. The van der Waals surface area contributed by atoms with E-state index in [1.165, 1.54) is 6.08 Å². The minimum atomic E-state index is -1.23. The summed E-state index contributed by atoms with van der Waals surface area (Å²) < 4.78 is 0. The van der Waals surface area contributed by atoms with Gasteiger partial charge in [0.05, 0.1) is 18.8 Å². The average Bonchev–Trinajstić information content (AvgIpc) is 2.30. The van der Waals surface area contributed by atoms with Gasteiger partial charge in [-0.15, -0.1) is 0 Å². The van der Waals surface area contributed by atoms with Crippen LogP contribution in [0.15, 0.2) is 11.6 Å². The number of aliphatic hydroxyl groups is 3. The van der Waals surface area contributed by atoms with Crippen LogP contribution in [0.25, 0.3) is 0 Å². The highest BCUT2D eigenvalue weighted by atomic mass is 32.1. The van der Waals surface area contributed by atoms with E-state index in [0.29, 0.717) is 0 Å². The number of aliphatic carboxylic acids is 1. The predicted octanol–water partition coefficient (Wildman–Crippen LogP) is -0.404. The Balaban J connectivity index is 5.34. The highest BCUT2D eigenvalue weighted by Gasteiger charge is 2.33. The maximum atomic E-state index is 10.8. The van der Waals surface area contributed by atoms with Gasteiger partial charge in [0.15, 0.2) is 0 Å². The average molecular weight is 248 g/mol. The fraction of sp³-hybridized carbons (Fsp3) is 0.600. The molecule has 0 aliphatic heterocycles. The molecule has 0 aromatic rings. The van der Waals surface area contributed by atoms with Crippen LogP contribution in [0.3, 0.4) is 0 Å². The smallest absolute Gasteiger partial charge is 0.336 e. The first-order chi connectivity index (χ1) is 7.47. The Morgan fingerprint density at radius 1 is 1.38 bits per heavy atom. The second kappa shape index (κ2) is 6.70. The molecule has 16 heavy (non-hydrogen) atoms. The molecule has 0 fully saturated rings. The molecule has 0 rings (SSSR count). The van der Waals surface area contributed by atoms with E-state index in [1.54, 1.807) is 6.92 Å². The third-order valence-electron chi connectivity index (χ3n) is 2.66. The van der Waals surface area contributed by atoms with Crippen LogP contribution in [0.1, 0.15) is 6.92 Å². The first-order valence-electron chi connectivity index (χ1n) is 4.71. The molecule has 5 nitrogen and oxygen atoms in total. The second-order valence-electron chi connectivity index (χ2n) is 3.66. The van der Waals surface area contributed by atoms with Crippen molar-refractivity contribution in [2.45, 2.75) is 6.92 Å². The van der Waals surface area contributed by atoms with Gasteiger partial charge in [0.25, 0.3) is 0 Å². The molecule has 1 atom stereocenters. The van der Waals surface area contributed by atoms with E-state index in [9.17, 15) is 15.0 Å². The van der Waals surface area contributed by atoms with Crippen molar-refractivity contribution in [1.82, 2.24) is 0 Å². The number of hydrogen-bond donors (Lipinski definition) is 4. The Bertz CT molecular complexity index is 283. The Morgan fingerprint density at radius 2 is 1.88 bits per heavy atom. The standard InChI is InChI=1S/C10H16O5S/c1-7(3-11)10(5-12,6-13)2-8(4-16)9(14)15/h2,4,7,11-13H,3,5-6H2,1H3,(H,14,15). The fourth-order valence-corrected chi connectivity index (χ4v) is 1.40. The Hall–Kier alpha value is -0.820. The highest BCUT2D eigenvalue weighted by molar-refractivity contribution is 7.79. The lowest BCUT2D eigenvalue weighted by atomic mass is 9.76. The third kappa shape index (κ3) is 3.34. The zero-order chi connectivity index (χ0) is 12.8. The molecule has 0 heterocycles. The van der Waals surface area contributed by atoms with Gasteiger partial charge in [-0.25, -0.2) is 4.79 Å². The van der Waals surface area contributed by atoms with E-state index in [0.717, 1.165) is 5.37 Å². The van der Waals surface area contributed by atoms with Crippen LogP contribution < -0.4 is 0 Å². The third-order valence-corrected chi connectivity index (χ3v) is 2.91. The van der Waals surface area contributed by atoms with Crippen molar-refractivity contribution in [1.29, 1.82) is 0 Å². The van der Waals surface area contributed by atoms with Crippen molar-refractivity contribution in [2.24, 2.45) is 11.3 Å². The summed E-state index contributed by atoms with van der Waals surface area (Å²) in [5.41, 5.74) is -1.36. The molecule has 6 heteroatoms. The van der Waals surface area contributed by atoms with Crippen LogP contribution in [0.4, 0.5) is 0 Å². The zero-order valence-electron chi connectivity index (χ0n) is 8.96. The van der Waals surface area contributed by atoms with Crippen molar-refractivity contribution in [3.8, 4) is 0 Å². The quantitative estimate of drug-likeness (QED) is 0.361. The van der Waals surface area contributed by atoms with Gasteiger partial charge in [-0.05, 0) is 5.92 Å². The number of aliphatic hydroxyl groups excluding tert-OH is 3. The molecule has 0 saturated carbocycles. The van der Waals surface area contributed by atoms with Crippen molar-refractivity contribution in [3.05, 3.63) is 11.6 Å². The van der Waals surface area contributed by atoms with Crippen molar-refractivity contribution in [3.63, 3.8) is 0 Å². The Labute approximate surface area is 99.0 Å². The summed E-state index contributed by atoms with van der Waals surface area (Å²) in [4.78, 5) is 10.8. The van der Waals surface area contributed by atoms with Gasteiger partial charge in [0, 0.05) is 17.4 Å². The summed E-state index contributed by atoms with van der Waals surface area (Å²) in [6.45, 7) is 0.393. The minimum Gasteiger partial charge on any atom is -0.478 e. The first kappa shape index (κ1) is 15.2. The summed E-state index contributed by atoms with van der Waals surface area (Å²) in [5, 5.41) is 37.3. The Morgan fingerprint density at radius 3 is 2.12 bits per heavy atom. The monoisotopic (exact) mass is 248 g/mol. The fourth-order valence-electron chi connectivity index (χ4n) is 1.23. The van der Waals surface area contributed by atoms with Crippen LogP contribution in [0.5, 0.6) is 0 Å². The first-order valence-corrected chi connectivity index (χ1v) is 5.18. The summed E-state index contributed by atoms with van der Waals surface area (Å²) >= 11 is 4.54. The summed E-state index contributed by atoms with van der Waals surface area (Å²) in [5.74, 6) is -1.71. The van der Waals surface area contributed by atoms with Crippen LogP contribution in [-0.2, 0) is 4.79 Å². The molecule has 0 aliphatic rings. The van der Waals surface area contributed by atoms with Crippen LogP contribution in [0.2, 0.25) is 0 Å². The summed E-state index contributed by atoms with van der Waals surface area (Å²) in [6.07, 6.45) is 1.20. The van der Waals surface area contributed by atoms with Gasteiger partial charge in [0.2, 0.25) is 0 Å². The summed E-state index contributed by atoms with van der Waals surface area (Å²) in [6, 6.07) is 0. The van der Waals surface area contributed by atoms with E-state index in [-0.39, 0.29) is 12.2 Å². The van der Waals surface area contributed by atoms with Crippen molar-refractivity contribution < 1.29 is 25.2 Å². The van der Waals surface area contributed by atoms with Gasteiger partial charge >= 0.3 is 5.97 Å². The molecule has 0 spiro atoms. The molecular weight excluding hydrogens is 232 g/mol. The van der Waals surface area contributed by atoms with Gasteiger partial charge in [0.1, 0.15) is 0 Å². The minimum absolute atomic E-state index is 0.182. The van der Waals surface area contributed by atoms with Crippen molar-refractivity contribution >= 4 is 23.6 Å². The molecule has 0 saturated heterocycles. The number of carbonyl (C=O) groups is 1. The number of thiocarbonyl (C=S) groups is 1. The van der Waals surface area contributed by atoms with E-state index >= 15 is 0 Å². The number of hydrogen-bond acceptors (Lipinski definition) is 5. The lowest BCUT2D eigenvalue weighted by molar-refractivity contribution is -0.132. The second-order valence-corrected chi connectivity index (χ2v) is 3.89. The molecule has 0 aliphatic carbocycles. The molecule has 0 bridgehead atoms. The SMILES string of the molecule is CC(CO)C(C=C(C=S)C(=O)O)(CO)CO. The topological polar surface area (TPSA) is 98.0 Å². The van der Waals surface area contributed by atoms with Gasteiger partial charge < -0.3 is 20.4 Å². The van der Waals surface area contributed by atoms with Gasteiger partial charge in [-0.1, -0.05) is 25.2 Å². The lowest BCUT2D eigenvalue weighted by Crippen LogP contribution is -2.37. The maximum absolute atomic E-state index is 10.8. The lowest BCUT2D eigenvalue weighted by Gasteiger charge is -2.32. The zero-order valence-corrected chi connectivity index (χ0v) is 9.78. The molecule has 0 aromatic carbocycles. The van der Waals surface area contributed by atoms with Crippen LogP contribution in [0, 0.1) is 11.3 Å². The molecule has 0 amide bonds. The summed E-state index contributed by atoms with van der Waals surface area (Å²) in [7, 11) is 0. The molecule has 92 valence electrons.